The molecule has 0 aliphatic rings. The van der Waals surface area contributed by atoms with Gasteiger partial charge in [0.1, 0.15) is 22.4 Å². The first kappa shape index (κ1) is 22.4. The average Bonchev–Trinajstić information content (AvgIpc) is 3.54. The Morgan fingerprint density at radius 3 is 2.49 bits per heavy atom. The molecule has 0 bridgehead atoms. The van der Waals surface area contributed by atoms with E-state index in [-0.39, 0.29) is 22.7 Å². The normalized spacial score (nSPS) is 12.4. The van der Waals surface area contributed by atoms with Crippen molar-refractivity contribution in [3.05, 3.63) is 101 Å². The first-order chi connectivity index (χ1) is 16.8. The van der Waals surface area contributed by atoms with Crippen LogP contribution in [0.25, 0.3) is 44.7 Å². The number of halogens is 3. The van der Waals surface area contributed by atoms with Crippen molar-refractivity contribution in [3.63, 3.8) is 0 Å². The third-order valence-corrected chi connectivity index (χ3v) is 6.29. The summed E-state index contributed by atoms with van der Waals surface area (Å²) in [5, 5.41) is 24.7. The number of aliphatic hydroxyl groups excluding tert-OH is 1. The van der Waals surface area contributed by atoms with Gasteiger partial charge in [0, 0.05) is 16.5 Å². The lowest BCUT2D eigenvalue weighted by molar-refractivity contribution is -0.137. The summed E-state index contributed by atoms with van der Waals surface area (Å²) in [6, 6.07) is 23.3. The molecule has 1 N–H and O–H groups in total. The van der Waals surface area contributed by atoms with Crippen LogP contribution >= 0.6 is 11.3 Å². The Kier molecular flexibility index (Phi) is 5.63. The minimum atomic E-state index is -4.49. The summed E-state index contributed by atoms with van der Waals surface area (Å²) in [5.74, 6) is -0.354. The molecule has 0 aliphatic carbocycles. The highest BCUT2D eigenvalue weighted by Gasteiger charge is 2.30. The largest absolute Gasteiger partial charge is 0.503 e. The molecule has 3 aromatic carbocycles. The van der Waals surface area contributed by atoms with Gasteiger partial charge >= 0.3 is 6.18 Å². The Labute approximate surface area is 201 Å². The molecule has 5 aromatic rings. The van der Waals surface area contributed by atoms with Gasteiger partial charge in [0.25, 0.3) is 0 Å². The van der Waals surface area contributed by atoms with Gasteiger partial charge in [-0.15, -0.1) is 11.3 Å². The first-order valence-corrected chi connectivity index (χ1v) is 11.3. The molecule has 2 heterocycles. The number of aromatic nitrogens is 1. The van der Waals surface area contributed by atoms with Gasteiger partial charge in [0.2, 0.25) is 0 Å². The summed E-state index contributed by atoms with van der Waals surface area (Å²) in [6.07, 6.45) is -4.49. The molecular weight excluding hydrogens is 473 g/mol. The number of hydrogen-bond donors (Lipinski definition) is 1. The monoisotopic (exact) mass is 488 g/mol. The van der Waals surface area contributed by atoms with Gasteiger partial charge in [-0.3, -0.25) is 0 Å². The van der Waals surface area contributed by atoms with Gasteiger partial charge in [-0.1, -0.05) is 48.5 Å². The molecule has 0 aliphatic heterocycles. The first-order valence-electron chi connectivity index (χ1n) is 10.4. The van der Waals surface area contributed by atoms with E-state index in [9.17, 15) is 23.5 Å². The van der Waals surface area contributed by atoms with Crippen molar-refractivity contribution in [1.29, 1.82) is 5.26 Å². The van der Waals surface area contributed by atoms with E-state index in [4.69, 9.17) is 4.42 Å². The van der Waals surface area contributed by atoms with Gasteiger partial charge < -0.3 is 9.52 Å². The third kappa shape index (κ3) is 4.42. The topological polar surface area (TPSA) is 70.0 Å². The molecule has 2 aromatic heterocycles. The summed E-state index contributed by atoms with van der Waals surface area (Å²) in [7, 11) is 0. The summed E-state index contributed by atoms with van der Waals surface area (Å²) >= 11 is 1.20. The van der Waals surface area contributed by atoms with Crippen LogP contribution in [0.5, 0.6) is 0 Å². The van der Waals surface area contributed by atoms with Gasteiger partial charge in [-0.2, -0.15) is 18.4 Å². The summed E-state index contributed by atoms with van der Waals surface area (Å²) in [6.45, 7) is 0. The van der Waals surface area contributed by atoms with Crippen molar-refractivity contribution in [3.8, 4) is 28.7 Å². The number of allylic oxidation sites excluding steroid dienone is 1. The molecule has 0 radical (unpaired) electrons. The molecule has 35 heavy (non-hydrogen) atoms. The standard InChI is InChI=1S/C27H15F3N2O2S/c28-27(29,30)20-7-3-6-19(13-20)23-10-11-24(34-23)25(33)21(14-31)26-32-22(15-35-26)18-9-8-16-4-1-2-5-17(16)12-18/h1-13,15,33H. The second kappa shape index (κ2) is 8.78. The highest BCUT2D eigenvalue weighted by atomic mass is 32.1. The van der Waals surface area contributed by atoms with Crippen LogP contribution in [0, 0.1) is 11.3 Å². The molecule has 0 saturated heterocycles. The molecule has 0 saturated carbocycles. The fourth-order valence-corrected chi connectivity index (χ4v) is 4.49. The lowest BCUT2D eigenvalue weighted by Crippen LogP contribution is -2.04. The Morgan fingerprint density at radius 1 is 0.914 bits per heavy atom. The SMILES string of the molecule is N#CC(=C(O)c1ccc(-c2cccc(C(F)(F)F)c2)o1)c1nc(-c2ccc3ccccc3c2)cs1. The number of thiazole rings is 1. The fourth-order valence-electron chi connectivity index (χ4n) is 3.66. The lowest BCUT2D eigenvalue weighted by atomic mass is 10.1. The maximum Gasteiger partial charge on any atom is 0.416 e. The van der Waals surface area contributed by atoms with Crippen LogP contribution in [0.15, 0.2) is 88.7 Å². The molecule has 5 rings (SSSR count). The van der Waals surface area contributed by atoms with Crippen molar-refractivity contribution in [2.75, 3.05) is 0 Å². The second-order valence-corrected chi connectivity index (χ2v) is 8.54. The molecule has 0 atom stereocenters. The van der Waals surface area contributed by atoms with Crippen LogP contribution in [-0.2, 0) is 6.18 Å². The van der Waals surface area contributed by atoms with E-state index in [0.717, 1.165) is 28.5 Å². The maximum atomic E-state index is 13.0. The van der Waals surface area contributed by atoms with Crippen LogP contribution < -0.4 is 0 Å². The van der Waals surface area contributed by atoms with Crippen LogP contribution in [0.1, 0.15) is 16.3 Å². The number of benzene rings is 3. The highest BCUT2D eigenvalue weighted by molar-refractivity contribution is 7.11. The third-order valence-electron chi connectivity index (χ3n) is 5.43. The van der Waals surface area contributed by atoms with E-state index < -0.39 is 17.5 Å². The smallest absolute Gasteiger partial charge is 0.416 e. The van der Waals surface area contributed by atoms with E-state index in [2.05, 4.69) is 4.98 Å². The minimum Gasteiger partial charge on any atom is -0.503 e. The maximum absolute atomic E-state index is 13.0. The van der Waals surface area contributed by atoms with Gasteiger partial charge in [-0.05, 0) is 41.1 Å². The number of furan rings is 1. The second-order valence-electron chi connectivity index (χ2n) is 7.68. The van der Waals surface area contributed by atoms with Crippen LogP contribution in [0.2, 0.25) is 0 Å². The zero-order valence-corrected chi connectivity index (χ0v) is 18.7. The quantitative estimate of drug-likeness (QED) is 0.204. The summed E-state index contributed by atoms with van der Waals surface area (Å²) in [4.78, 5) is 4.52. The molecule has 172 valence electrons. The number of nitrogens with zero attached hydrogens (tertiary/aromatic N) is 2. The molecule has 0 fully saturated rings. The number of aliphatic hydroxyl groups is 1. The van der Waals surface area contributed by atoms with Crippen LogP contribution in [0.4, 0.5) is 13.2 Å². The molecule has 0 unspecified atom stereocenters. The van der Waals surface area contributed by atoms with Crippen molar-refractivity contribution in [2.45, 2.75) is 6.18 Å². The zero-order chi connectivity index (χ0) is 24.6. The van der Waals surface area contributed by atoms with Gasteiger partial charge in [0.05, 0.1) is 11.3 Å². The van der Waals surface area contributed by atoms with Crippen LogP contribution in [-0.4, -0.2) is 10.1 Å². The molecule has 4 nitrogen and oxygen atoms in total. The molecule has 0 amide bonds. The number of rotatable bonds is 4. The predicted octanol–water partition coefficient (Wildman–Crippen LogP) is 8.19. The Morgan fingerprint density at radius 2 is 1.71 bits per heavy atom. The Bertz CT molecular complexity index is 1620. The fraction of sp³-hybridized carbons (Fsp3) is 0.0370. The number of nitriles is 1. The van der Waals surface area contributed by atoms with Crippen LogP contribution in [0.3, 0.4) is 0 Å². The molecule has 0 spiro atoms. The highest BCUT2D eigenvalue weighted by Crippen LogP contribution is 2.35. The zero-order valence-electron chi connectivity index (χ0n) is 17.9. The number of hydrogen-bond acceptors (Lipinski definition) is 5. The van der Waals surface area contributed by atoms with Gasteiger partial charge in [0.15, 0.2) is 11.5 Å². The lowest BCUT2D eigenvalue weighted by Gasteiger charge is -2.07. The summed E-state index contributed by atoms with van der Waals surface area (Å²) < 4.78 is 44.7. The Balaban J connectivity index is 1.47. The van der Waals surface area contributed by atoms with Crippen molar-refractivity contribution in [2.24, 2.45) is 0 Å². The summed E-state index contributed by atoms with van der Waals surface area (Å²) in [5.41, 5.74) is 0.819. The van der Waals surface area contributed by atoms with Crippen molar-refractivity contribution < 1.29 is 22.7 Å². The Hall–Kier alpha value is -4.35. The van der Waals surface area contributed by atoms with E-state index in [0.29, 0.717) is 10.7 Å². The average molecular weight is 488 g/mol. The van der Waals surface area contributed by atoms with Gasteiger partial charge in [-0.25, -0.2) is 4.98 Å². The predicted molar refractivity (Wildman–Crippen MR) is 129 cm³/mol. The molecular formula is C27H15F3N2O2S. The van der Waals surface area contributed by atoms with E-state index in [1.54, 1.807) is 5.38 Å². The minimum absolute atomic E-state index is 0.0450. The van der Waals surface area contributed by atoms with E-state index in [1.807, 2.05) is 48.5 Å². The van der Waals surface area contributed by atoms with Crippen molar-refractivity contribution >= 4 is 33.4 Å². The van der Waals surface area contributed by atoms with E-state index >= 15 is 0 Å². The number of fused-ring (bicyclic) bond motifs is 1. The van der Waals surface area contributed by atoms with E-state index in [1.165, 1.54) is 35.6 Å². The molecule has 8 heteroatoms. The van der Waals surface area contributed by atoms with Crippen molar-refractivity contribution in [1.82, 2.24) is 4.98 Å². The number of alkyl halides is 3.